The summed E-state index contributed by atoms with van der Waals surface area (Å²) in [5.74, 6) is 1.35. The fourth-order valence-corrected chi connectivity index (χ4v) is 2.54. The number of carbonyl (C=O) groups excluding carboxylic acids is 1. The van der Waals surface area contributed by atoms with Crippen molar-refractivity contribution in [1.29, 1.82) is 0 Å². The lowest BCUT2D eigenvalue weighted by molar-refractivity contribution is 0.112. The number of benzene rings is 2. The van der Waals surface area contributed by atoms with E-state index in [0.29, 0.717) is 21.5 Å². The molecule has 3 aromatic rings. The van der Waals surface area contributed by atoms with Crippen LogP contribution in [0.4, 0.5) is 0 Å². The van der Waals surface area contributed by atoms with E-state index in [2.05, 4.69) is 20.9 Å². The van der Waals surface area contributed by atoms with Crippen molar-refractivity contribution in [2.75, 3.05) is 0 Å². The molecule has 0 atom stereocenters. The molecule has 2 aromatic carbocycles. The van der Waals surface area contributed by atoms with Crippen molar-refractivity contribution in [2.45, 2.75) is 6.92 Å². The summed E-state index contributed by atoms with van der Waals surface area (Å²) in [4.78, 5) is 15.4. The highest BCUT2D eigenvalue weighted by Crippen LogP contribution is 2.30. The van der Waals surface area contributed by atoms with E-state index >= 15 is 0 Å². The molecule has 0 amide bonds. The van der Waals surface area contributed by atoms with Crippen LogP contribution in [-0.2, 0) is 0 Å². The first-order valence-corrected chi connectivity index (χ1v) is 7.25. The molecule has 0 spiro atoms. The van der Waals surface area contributed by atoms with Gasteiger partial charge in [-0.2, -0.15) is 0 Å². The van der Waals surface area contributed by atoms with Gasteiger partial charge in [-0.3, -0.25) is 4.79 Å². The number of hydrogen-bond acceptors (Lipinski definition) is 3. The summed E-state index contributed by atoms with van der Waals surface area (Å²) in [5, 5.41) is 1.03. The molecule has 0 bridgehead atoms. The van der Waals surface area contributed by atoms with Gasteiger partial charge in [-0.15, -0.1) is 0 Å². The van der Waals surface area contributed by atoms with E-state index in [4.69, 9.17) is 4.74 Å². The number of aryl methyl sites for hydroxylation is 1. The number of rotatable bonds is 3. The van der Waals surface area contributed by atoms with E-state index in [9.17, 15) is 4.79 Å². The minimum Gasteiger partial charge on any atom is -0.455 e. The second kappa shape index (κ2) is 5.66. The number of fused-ring (bicyclic) bond motifs is 1. The zero-order valence-electron chi connectivity index (χ0n) is 11.3. The zero-order valence-corrected chi connectivity index (χ0v) is 12.9. The van der Waals surface area contributed by atoms with E-state index in [1.807, 2.05) is 37.3 Å². The molecule has 21 heavy (non-hydrogen) atoms. The van der Waals surface area contributed by atoms with Crippen molar-refractivity contribution >= 4 is 33.1 Å². The molecule has 1 heterocycles. The standard InChI is InChI=1S/C17H12BrNO2/c1-11-5-6-12-3-2-4-16(17(12)19-11)21-14-8-7-13(10-20)15(18)9-14/h2-10H,1H3. The lowest BCUT2D eigenvalue weighted by atomic mass is 10.2. The minimum atomic E-state index is 0.592. The van der Waals surface area contributed by atoms with Crippen LogP contribution in [0.15, 0.2) is 53.0 Å². The van der Waals surface area contributed by atoms with Gasteiger partial charge in [-0.25, -0.2) is 4.98 Å². The molecule has 0 aliphatic carbocycles. The molecule has 1 aromatic heterocycles. The Morgan fingerprint density at radius 3 is 2.76 bits per heavy atom. The Labute approximate surface area is 130 Å². The molecule has 4 heteroatoms. The SMILES string of the molecule is Cc1ccc2cccc(Oc3ccc(C=O)c(Br)c3)c2n1. The molecule has 0 saturated carbocycles. The smallest absolute Gasteiger partial charge is 0.153 e. The molecule has 0 fully saturated rings. The summed E-state index contributed by atoms with van der Waals surface area (Å²) >= 11 is 3.36. The van der Waals surface area contributed by atoms with Crippen molar-refractivity contribution in [3.8, 4) is 11.5 Å². The van der Waals surface area contributed by atoms with Gasteiger partial charge in [-0.05, 0) is 53.2 Å². The van der Waals surface area contributed by atoms with Crippen molar-refractivity contribution in [3.63, 3.8) is 0 Å². The number of para-hydroxylation sites is 1. The predicted molar refractivity (Wildman–Crippen MR) is 86.1 cm³/mol. The molecular weight excluding hydrogens is 330 g/mol. The maximum atomic E-state index is 10.8. The van der Waals surface area contributed by atoms with E-state index in [1.54, 1.807) is 18.2 Å². The van der Waals surface area contributed by atoms with Crippen molar-refractivity contribution in [2.24, 2.45) is 0 Å². The lowest BCUT2D eigenvalue weighted by Gasteiger charge is -2.09. The molecule has 0 saturated heterocycles. The Hall–Kier alpha value is -2.20. The molecule has 0 aliphatic rings. The average Bonchev–Trinajstić information content (AvgIpc) is 2.48. The third-order valence-electron chi connectivity index (χ3n) is 3.15. The number of aldehydes is 1. The Balaban J connectivity index is 2.03. The summed E-state index contributed by atoms with van der Waals surface area (Å²) in [6.45, 7) is 1.95. The Morgan fingerprint density at radius 1 is 1.14 bits per heavy atom. The van der Waals surface area contributed by atoms with E-state index in [0.717, 1.165) is 22.9 Å². The maximum absolute atomic E-state index is 10.8. The summed E-state index contributed by atoms with van der Waals surface area (Å²) in [6, 6.07) is 15.1. The second-order valence-corrected chi connectivity index (χ2v) is 5.54. The fourth-order valence-electron chi connectivity index (χ4n) is 2.09. The number of aromatic nitrogens is 1. The zero-order chi connectivity index (χ0) is 14.8. The van der Waals surface area contributed by atoms with Crippen LogP contribution >= 0.6 is 15.9 Å². The molecule has 0 N–H and O–H groups in total. The van der Waals surface area contributed by atoms with Crippen molar-refractivity contribution < 1.29 is 9.53 Å². The first-order chi connectivity index (χ1) is 10.2. The quantitative estimate of drug-likeness (QED) is 0.635. The van der Waals surface area contributed by atoms with Crippen LogP contribution in [0.5, 0.6) is 11.5 Å². The molecule has 3 rings (SSSR count). The van der Waals surface area contributed by atoms with Crippen LogP contribution in [0.2, 0.25) is 0 Å². The number of ether oxygens (including phenoxy) is 1. The molecular formula is C17H12BrNO2. The first-order valence-electron chi connectivity index (χ1n) is 6.46. The van der Waals surface area contributed by atoms with Crippen LogP contribution < -0.4 is 4.74 Å². The highest BCUT2D eigenvalue weighted by atomic mass is 79.9. The van der Waals surface area contributed by atoms with Gasteiger partial charge in [0.25, 0.3) is 0 Å². The molecule has 0 radical (unpaired) electrons. The third kappa shape index (κ3) is 2.81. The Morgan fingerprint density at radius 2 is 2.00 bits per heavy atom. The Bertz CT molecular complexity index is 830. The first kappa shape index (κ1) is 13.8. The van der Waals surface area contributed by atoms with Gasteiger partial charge < -0.3 is 4.74 Å². The predicted octanol–water partition coefficient (Wildman–Crippen LogP) is 4.91. The van der Waals surface area contributed by atoms with Crippen molar-refractivity contribution in [3.05, 3.63) is 64.3 Å². The molecule has 104 valence electrons. The number of pyridine rings is 1. The molecule has 0 aliphatic heterocycles. The van der Waals surface area contributed by atoms with Gasteiger partial charge in [0.15, 0.2) is 12.0 Å². The highest BCUT2D eigenvalue weighted by molar-refractivity contribution is 9.10. The molecule has 0 unspecified atom stereocenters. The lowest BCUT2D eigenvalue weighted by Crippen LogP contribution is -1.91. The summed E-state index contributed by atoms with van der Waals surface area (Å²) in [6.07, 6.45) is 0.802. The highest BCUT2D eigenvalue weighted by Gasteiger charge is 2.07. The van der Waals surface area contributed by atoms with E-state index in [1.165, 1.54) is 0 Å². The number of nitrogens with zero attached hydrogens (tertiary/aromatic N) is 1. The number of halogens is 1. The third-order valence-corrected chi connectivity index (χ3v) is 3.84. The largest absolute Gasteiger partial charge is 0.455 e. The van der Waals surface area contributed by atoms with Gasteiger partial charge in [0.05, 0.1) is 0 Å². The van der Waals surface area contributed by atoms with E-state index < -0.39 is 0 Å². The van der Waals surface area contributed by atoms with Crippen LogP contribution in [-0.4, -0.2) is 11.3 Å². The van der Waals surface area contributed by atoms with Crippen molar-refractivity contribution in [1.82, 2.24) is 4.98 Å². The monoisotopic (exact) mass is 341 g/mol. The number of carbonyl (C=O) groups is 1. The summed E-state index contributed by atoms with van der Waals surface area (Å²) in [7, 11) is 0. The Kier molecular flexibility index (Phi) is 3.71. The average molecular weight is 342 g/mol. The van der Waals surface area contributed by atoms with Gasteiger partial charge in [0.1, 0.15) is 11.3 Å². The van der Waals surface area contributed by atoms with Gasteiger partial charge >= 0.3 is 0 Å². The van der Waals surface area contributed by atoms with Gasteiger partial charge in [0.2, 0.25) is 0 Å². The van der Waals surface area contributed by atoms with Crippen LogP contribution in [0.25, 0.3) is 10.9 Å². The maximum Gasteiger partial charge on any atom is 0.153 e. The van der Waals surface area contributed by atoms with Crippen LogP contribution in [0.3, 0.4) is 0 Å². The normalized spacial score (nSPS) is 10.6. The van der Waals surface area contributed by atoms with E-state index in [-0.39, 0.29) is 0 Å². The van der Waals surface area contributed by atoms with Crippen LogP contribution in [0.1, 0.15) is 16.1 Å². The van der Waals surface area contributed by atoms with Crippen LogP contribution in [0, 0.1) is 6.92 Å². The van der Waals surface area contributed by atoms with Gasteiger partial charge in [0, 0.05) is 21.1 Å². The second-order valence-electron chi connectivity index (χ2n) is 4.68. The number of hydrogen-bond donors (Lipinski definition) is 0. The summed E-state index contributed by atoms with van der Waals surface area (Å²) < 4.78 is 6.63. The fraction of sp³-hybridized carbons (Fsp3) is 0.0588. The summed E-state index contributed by atoms with van der Waals surface area (Å²) in [5.41, 5.74) is 2.36. The molecule has 3 nitrogen and oxygen atoms in total. The minimum absolute atomic E-state index is 0.592. The van der Waals surface area contributed by atoms with Gasteiger partial charge in [-0.1, -0.05) is 18.2 Å². The topological polar surface area (TPSA) is 39.2 Å².